The predicted octanol–water partition coefficient (Wildman–Crippen LogP) is 13.6. The van der Waals surface area contributed by atoms with Crippen molar-refractivity contribution in [3.8, 4) is 44.5 Å². The largest absolute Gasteiger partial charge is 0.172 e. The Morgan fingerprint density at radius 2 is 1.02 bits per heavy atom. The third-order valence-electron chi connectivity index (χ3n) is 11.1. The van der Waals surface area contributed by atoms with E-state index in [1.54, 1.807) is 0 Å². The van der Waals surface area contributed by atoms with Gasteiger partial charge in [-0.15, -0.1) is 0 Å². The second-order valence-electron chi connectivity index (χ2n) is 14.0. The standard InChI is InChI=1S/C47H40N2S/c1-3-5-25-47(26-6-4-2)43-24-21-35(34-19-22-38-37-17-10-11-18-40(37)45-46(42(38)29-34)49-50-48-45)28-41(43)39-23-20-36(30-44(39)47)33-16-12-15-32(27-33)31-13-8-7-9-14-31/h7-24,27-30H,3-6,25-26H2,1-2H3. The van der Waals surface area contributed by atoms with Crippen molar-refractivity contribution < 1.29 is 0 Å². The van der Waals surface area contributed by atoms with Gasteiger partial charge in [0, 0.05) is 16.2 Å². The Morgan fingerprint density at radius 3 is 1.80 bits per heavy atom. The van der Waals surface area contributed by atoms with E-state index in [2.05, 4.69) is 147 Å². The molecule has 0 atom stereocenters. The zero-order valence-corrected chi connectivity index (χ0v) is 29.6. The Balaban J connectivity index is 1.20. The van der Waals surface area contributed by atoms with Gasteiger partial charge in [0.1, 0.15) is 11.0 Å². The van der Waals surface area contributed by atoms with Crippen LogP contribution in [-0.2, 0) is 5.41 Å². The quantitative estimate of drug-likeness (QED) is 0.144. The van der Waals surface area contributed by atoms with Crippen molar-refractivity contribution >= 4 is 44.3 Å². The van der Waals surface area contributed by atoms with Crippen molar-refractivity contribution in [2.75, 3.05) is 0 Å². The smallest absolute Gasteiger partial charge is 0.113 e. The van der Waals surface area contributed by atoms with Gasteiger partial charge < -0.3 is 0 Å². The summed E-state index contributed by atoms with van der Waals surface area (Å²) in [5.74, 6) is 0. The Labute approximate surface area is 298 Å². The van der Waals surface area contributed by atoms with E-state index in [9.17, 15) is 0 Å². The highest BCUT2D eigenvalue weighted by molar-refractivity contribution is 7.00. The zero-order valence-electron chi connectivity index (χ0n) is 28.7. The Hall–Kier alpha value is -5.12. The molecular weight excluding hydrogens is 625 g/mol. The van der Waals surface area contributed by atoms with Crippen LogP contribution in [0.3, 0.4) is 0 Å². The van der Waals surface area contributed by atoms with Crippen LogP contribution in [0.2, 0.25) is 0 Å². The summed E-state index contributed by atoms with van der Waals surface area (Å²) in [4.78, 5) is 0. The van der Waals surface area contributed by atoms with Crippen molar-refractivity contribution in [1.29, 1.82) is 0 Å². The first-order chi connectivity index (χ1) is 24.7. The normalized spacial score (nSPS) is 13.2. The molecule has 0 N–H and O–H groups in total. The molecule has 244 valence electrons. The van der Waals surface area contributed by atoms with E-state index >= 15 is 0 Å². The van der Waals surface area contributed by atoms with Crippen molar-refractivity contribution in [2.24, 2.45) is 0 Å². The van der Waals surface area contributed by atoms with Crippen LogP contribution in [-0.4, -0.2) is 8.75 Å². The summed E-state index contributed by atoms with van der Waals surface area (Å²) < 4.78 is 9.50. The molecule has 0 fully saturated rings. The van der Waals surface area contributed by atoms with E-state index < -0.39 is 0 Å². The van der Waals surface area contributed by atoms with Gasteiger partial charge in [-0.25, -0.2) is 0 Å². The minimum absolute atomic E-state index is 0.0169. The molecule has 1 aliphatic rings. The molecule has 0 spiro atoms. The van der Waals surface area contributed by atoms with Gasteiger partial charge in [0.2, 0.25) is 0 Å². The fourth-order valence-electron chi connectivity index (χ4n) is 8.61. The lowest BCUT2D eigenvalue weighted by molar-refractivity contribution is 0.414. The monoisotopic (exact) mass is 664 g/mol. The van der Waals surface area contributed by atoms with E-state index in [0.717, 1.165) is 11.0 Å². The summed E-state index contributed by atoms with van der Waals surface area (Å²) in [6, 6.07) is 49.9. The summed E-state index contributed by atoms with van der Waals surface area (Å²) in [6.45, 7) is 4.66. The molecule has 1 aliphatic carbocycles. The molecule has 0 unspecified atom stereocenters. The molecule has 9 rings (SSSR count). The number of aromatic nitrogens is 2. The maximum absolute atomic E-state index is 4.78. The second-order valence-corrected chi connectivity index (χ2v) is 14.6. The Morgan fingerprint density at radius 1 is 0.440 bits per heavy atom. The summed E-state index contributed by atoms with van der Waals surface area (Å²) in [7, 11) is 0. The van der Waals surface area contributed by atoms with Crippen LogP contribution in [0.1, 0.15) is 63.5 Å². The van der Waals surface area contributed by atoms with Gasteiger partial charge in [-0.3, -0.25) is 0 Å². The zero-order chi connectivity index (χ0) is 33.7. The van der Waals surface area contributed by atoms with Gasteiger partial charge in [0.05, 0.1) is 11.7 Å². The van der Waals surface area contributed by atoms with Crippen LogP contribution in [0.15, 0.2) is 133 Å². The van der Waals surface area contributed by atoms with Gasteiger partial charge in [-0.2, -0.15) is 8.75 Å². The number of hydrogen-bond donors (Lipinski definition) is 0. The highest BCUT2D eigenvalue weighted by Crippen LogP contribution is 2.55. The van der Waals surface area contributed by atoms with Crippen molar-refractivity contribution in [1.82, 2.24) is 8.75 Å². The van der Waals surface area contributed by atoms with E-state index in [1.807, 2.05) is 0 Å². The average Bonchev–Trinajstić information content (AvgIpc) is 3.78. The maximum atomic E-state index is 4.78. The molecule has 1 heterocycles. The summed E-state index contributed by atoms with van der Waals surface area (Å²) in [5, 5.41) is 4.82. The lowest BCUT2D eigenvalue weighted by Gasteiger charge is -2.33. The molecule has 50 heavy (non-hydrogen) atoms. The lowest BCUT2D eigenvalue weighted by Crippen LogP contribution is -2.25. The molecule has 0 amide bonds. The molecule has 0 aliphatic heterocycles. The first-order valence-electron chi connectivity index (χ1n) is 18.2. The van der Waals surface area contributed by atoms with Gasteiger partial charge in [0.15, 0.2) is 0 Å². The molecule has 0 bridgehead atoms. The highest BCUT2D eigenvalue weighted by atomic mass is 32.1. The van der Waals surface area contributed by atoms with E-state index in [1.165, 1.54) is 127 Å². The highest BCUT2D eigenvalue weighted by Gasteiger charge is 2.42. The second kappa shape index (κ2) is 12.6. The van der Waals surface area contributed by atoms with Crippen LogP contribution < -0.4 is 0 Å². The molecule has 2 nitrogen and oxygen atoms in total. The number of unbranched alkanes of at least 4 members (excludes halogenated alkanes) is 2. The Kier molecular flexibility index (Phi) is 7.82. The van der Waals surface area contributed by atoms with E-state index in [4.69, 9.17) is 8.75 Å². The number of fused-ring (bicyclic) bond motifs is 9. The molecule has 3 heteroatoms. The summed E-state index contributed by atoms with van der Waals surface area (Å²) in [6.07, 6.45) is 7.17. The minimum Gasteiger partial charge on any atom is -0.172 e. The van der Waals surface area contributed by atoms with Crippen LogP contribution in [0, 0.1) is 0 Å². The fraction of sp³-hybridized carbons (Fsp3) is 0.191. The van der Waals surface area contributed by atoms with Gasteiger partial charge >= 0.3 is 0 Å². The van der Waals surface area contributed by atoms with Crippen LogP contribution in [0.4, 0.5) is 0 Å². The summed E-state index contributed by atoms with van der Waals surface area (Å²) >= 11 is 1.30. The number of hydrogen-bond acceptors (Lipinski definition) is 3. The third-order valence-corrected chi connectivity index (χ3v) is 11.7. The van der Waals surface area contributed by atoms with Crippen molar-refractivity contribution in [3.63, 3.8) is 0 Å². The molecule has 1 aromatic heterocycles. The molecule has 0 saturated heterocycles. The lowest BCUT2D eigenvalue weighted by atomic mass is 9.70. The number of nitrogens with zero attached hydrogens (tertiary/aromatic N) is 2. The predicted molar refractivity (Wildman–Crippen MR) is 214 cm³/mol. The first kappa shape index (κ1) is 30.9. The first-order valence-corrected chi connectivity index (χ1v) is 18.9. The summed E-state index contributed by atoms with van der Waals surface area (Å²) in [5.41, 5.74) is 15.4. The number of rotatable bonds is 9. The van der Waals surface area contributed by atoms with Gasteiger partial charge in [-0.05, 0) is 104 Å². The SMILES string of the molecule is CCCCC1(CCCC)c2ccc(-c3ccc4c5ccccc5c5nsnc5c4c3)cc2-c2ccc(-c3cccc(-c4ccccc4)c3)cc21. The topological polar surface area (TPSA) is 25.8 Å². The molecule has 8 aromatic rings. The fourth-order valence-corrected chi connectivity index (χ4v) is 9.19. The van der Waals surface area contributed by atoms with E-state index in [0.29, 0.717) is 0 Å². The van der Waals surface area contributed by atoms with Gasteiger partial charge in [-0.1, -0.05) is 149 Å². The molecule has 0 saturated carbocycles. The third kappa shape index (κ3) is 4.98. The van der Waals surface area contributed by atoms with Crippen molar-refractivity contribution in [3.05, 3.63) is 145 Å². The van der Waals surface area contributed by atoms with Crippen LogP contribution >= 0.6 is 11.7 Å². The van der Waals surface area contributed by atoms with Crippen LogP contribution in [0.25, 0.3) is 77.1 Å². The van der Waals surface area contributed by atoms with E-state index in [-0.39, 0.29) is 5.41 Å². The molecule has 0 radical (unpaired) electrons. The van der Waals surface area contributed by atoms with Crippen LogP contribution in [0.5, 0.6) is 0 Å². The minimum atomic E-state index is 0.0169. The van der Waals surface area contributed by atoms with Crippen molar-refractivity contribution in [2.45, 2.75) is 57.8 Å². The van der Waals surface area contributed by atoms with Gasteiger partial charge in [0.25, 0.3) is 0 Å². The Bertz CT molecular complexity index is 2520. The number of benzene rings is 7. The molecular formula is C47H40N2S. The molecule has 7 aromatic carbocycles. The average molecular weight is 665 g/mol. The maximum Gasteiger partial charge on any atom is 0.113 e.